The zero-order valence-electron chi connectivity index (χ0n) is 17.2. The van der Waals surface area contributed by atoms with Crippen LogP contribution in [0.2, 0.25) is 0 Å². The first kappa shape index (κ1) is 21.8. The normalized spacial score (nSPS) is 15.3. The lowest BCUT2D eigenvalue weighted by Crippen LogP contribution is -2.36. The molecule has 28 heavy (non-hydrogen) atoms. The van der Waals surface area contributed by atoms with Crippen molar-refractivity contribution in [2.45, 2.75) is 39.7 Å². The van der Waals surface area contributed by atoms with Crippen molar-refractivity contribution < 1.29 is 14.7 Å². The van der Waals surface area contributed by atoms with Gasteiger partial charge in [-0.3, -0.25) is 9.59 Å². The van der Waals surface area contributed by atoms with Gasteiger partial charge in [0.25, 0.3) is 12.4 Å². The molecule has 0 saturated carbocycles. The lowest BCUT2D eigenvalue weighted by Gasteiger charge is -2.25. The van der Waals surface area contributed by atoms with Gasteiger partial charge in [-0.25, -0.2) is 9.97 Å². The summed E-state index contributed by atoms with van der Waals surface area (Å²) in [4.78, 5) is 34.3. The number of rotatable bonds is 6. The summed E-state index contributed by atoms with van der Waals surface area (Å²) in [5.41, 5.74) is 2.21. The number of aromatic nitrogens is 3. The molecule has 1 atom stereocenters. The molecular formula is C20H31N5O3. The first-order chi connectivity index (χ1) is 13.4. The number of hydrogen-bond acceptors (Lipinski definition) is 5. The van der Waals surface area contributed by atoms with Crippen LogP contribution in [0.25, 0.3) is 11.2 Å². The van der Waals surface area contributed by atoms with Crippen molar-refractivity contribution in [3.05, 3.63) is 24.2 Å². The molecular weight excluding hydrogens is 358 g/mol. The Morgan fingerprint density at radius 3 is 2.54 bits per heavy atom. The van der Waals surface area contributed by atoms with Crippen LogP contribution in [0.5, 0.6) is 0 Å². The Hall–Kier alpha value is -2.48. The van der Waals surface area contributed by atoms with E-state index in [-0.39, 0.29) is 12.4 Å². The van der Waals surface area contributed by atoms with E-state index < -0.39 is 0 Å². The van der Waals surface area contributed by atoms with Crippen LogP contribution in [0.4, 0.5) is 0 Å². The lowest BCUT2D eigenvalue weighted by atomic mass is 10.1. The average molecular weight is 390 g/mol. The van der Waals surface area contributed by atoms with E-state index in [1.807, 2.05) is 22.6 Å². The second kappa shape index (κ2) is 10.2. The molecule has 0 aromatic carbocycles. The molecule has 0 spiro atoms. The second-order valence-corrected chi connectivity index (χ2v) is 7.72. The fraction of sp³-hybridized carbons (Fsp3) is 0.600. The van der Waals surface area contributed by atoms with Crippen molar-refractivity contribution >= 4 is 23.5 Å². The Labute approximate surface area is 166 Å². The van der Waals surface area contributed by atoms with Gasteiger partial charge in [-0.05, 0) is 51.8 Å². The number of carboxylic acid groups (broad SMARTS) is 1. The molecule has 154 valence electrons. The molecule has 1 aliphatic rings. The smallest absolute Gasteiger partial charge is 0.290 e. The zero-order valence-corrected chi connectivity index (χ0v) is 17.2. The predicted molar refractivity (Wildman–Crippen MR) is 108 cm³/mol. The van der Waals surface area contributed by atoms with Gasteiger partial charge in [0.15, 0.2) is 5.65 Å². The monoisotopic (exact) mass is 389 g/mol. The largest absolute Gasteiger partial charge is 0.483 e. The van der Waals surface area contributed by atoms with Gasteiger partial charge in [0.05, 0.1) is 11.9 Å². The maximum absolute atomic E-state index is 12.7. The lowest BCUT2D eigenvalue weighted by molar-refractivity contribution is -0.122. The van der Waals surface area contributed by atoms with E-state index in [4.69, 9.17) is 9.90 Å². The van der Waals surface area contributed by atoms with Crippen LogP contribution in [0, 0.1) is 5.92 Å². The Morgan fingerprint density at radius 1 is 1.29 bits per heavy atom. The maximum atomic E-state index is 12.7. The molecule has 2 aromatic heterocycles. The minimum atomic E-state index is -0.250. The molecule has 1 amide bonds. The number of hydrogen-bond donors (Lipinski definition) is 1. The third kappa shape index (κ3) is 5.51. The number of amides is 1. The molecule has 0 radical (unpaired) electrons. The first-order valence-electron chi connectivity index (χ1n) is 9.75. The molecule has 1 unspecified atom stereocenters. The molecule has 8 nitrogen and oxygen atoms in total. The van der Waals surface area contributed by atoms with Gasteiger partial charge >= 0.3 is 0 Å². The van der Waals surface area contributed by atoms with E-state index in [1.54, 1.807) is 12.5 Å². The molecule has 0 bridgehead atoms. The Bertz CT molecular complexity index is 783. The highest BCUT2D eigenvalue weighted by Crippen LogP contribution is 2.17. The van der Waals surface area contributed by atoms with Crippen LogP contribution >= 0.6 is 0 Å². The fourth-order valence-electron chi connectivity index (χ4n) is 3.65. The summed E-state index contributed by atoms with van der Waals surface area (Å²) < 4.78 is 2.02. The van der Waals surface area contributed by atoms with E-state index in [1.165, 1.54) is 25.9 Å². The molecule has 3 rings (SSSR count). The van der Waals surface area contributed by atoms with Crippen LogP contribution in [0.3, 0.4) is 0 Å². The summed E-state index contributed by atoms with van der Waals surface area (Å²) in [5.74, 6) is 0.477. The van der Waals surface area contributed by atoms with E-state index in [2.05, 4.69) is 35.6 Å². The number of fused-ring (bicyclic) bond motifs is 1. The highest BCUT2D eigenvalue weighted by Gasteiger charge is 2.19. The SMILES string of the molecule is CC(CN1CCCC1)CN(C)C(=O)c1cnc2c(c1)ncn2C(C)C.O=CO. The average Bonchev–Trinajstić information content (AvgIpc) is 3.30. The maximum Gasteiger partial charge on any atom is 0.290 e. The van der Waals surface area contributed by atoms with Crippen LogP contribution in [-0.4, -0.2) is 75.0 Å². The number of likely N-dealkylation sites (tertiary alicyclic amines) is 1. The molecule has 8 heteroatoms. The van der Waals surface area contributed by atoms with E-state index >= 15 is 0 Å². The number of imidazole rings is 1. The molecule has 2 aromatic rings. The summed E-state index contributed by atoms with van der Waals surface area (Å²) in [6.07, 6.45) is 6.07. The van der Waals surface area contributed by atoms with Crippen molar-refractivity contribution in [1.82, 2.24) is 24.3 Å². The molecule has 1 N–H and O–H groups in total. The molecule has 0 aliphatic carbocycles. The highest BCUT2D eigenvalue weighted by atomic mass is 16.3. The number of carbonyl (C=O) groups is 2. The zero-order chi connectivity index (χ0) is 20.7. The van der Waals surface area contributed by atoms with Gasteiger partial charge in [0.2, 0.25) is 0 Å². The van der Waals surface area contributed by atoms with Crippen molar-refractivity contribution in [3.8, 4) is 0 Å². The topological polar surface area (TPSA) is 91.6 Å². The number of nitrogens with zero attached hydrogens (tertiary/aromatic N) is 5. The van der Waals surface area contributed by atoms with Crippen molar-refractivity contribution in [1.29, 1.82) is 0 Å². The van der Waals surface area contributed by atoms with Gasteiger partial charge in [0.1, 0.15) is 5.52 Å². The highest BCUT2D eigenvalue weighted by molar-refractivity contribution is 5.96. The summed E-state index contributed by atoms with van der Waals surface area (Å²) in [5, 5.41) is 6.89. The molecule has 1 aliphatic heterocycles. The predicted octanol–water partition coefficient (Wildman–Crippen LogP) is 2.52. The molecule has 1 saturated heterocycles. The van der Waals surface area contributed by atoms with Crippen LogP contribution in [-0.2, 0) is 4.79 Å². The van der Waals surface area contributed by atoms with Crippen LogP contribution in [0.1, 0.15) is 50.0 Å². The molecule has 3 heterocycles. The van der Waals surface area contributed by atoms with Crippen LogP contribution in [0.15, 0.2) is 18.6 Å². The summed E-state index contributed by atoms with van der Waals surface area (Å²) in [6.45, 7) is 10.4. The second-order valence-electron chi connectivity index (χ2n) is 7.72. The van der Waals surface area contributed by atoms with E-state index in [9.17, 15) is 4.79 Å². The van der Waals surface area contributed by atoms with E-state index in [0.29, 0.717) is 17.5 Å². The van der Waals surface area contributed by atoms with Gasteiger partial charge in [-0.1, -0.05) is 6.92 Å². The van der Waals surface area contributed by atoms with Crippen molar-refractivity contribution in [2.24, 2.45) is 5.92 Å². The van der Waals surface area contributed by atoms with E-state index in [0.717, 1.165) is 24.3 Å². The quantitative estimate of drug-likeness (QED) is 0.764. The number of carbonyl (C=O) groups excluding carboxylic acids is 1. The molecule has 1 fully saturated rings. The Morgan fingerprint density at radius 2 is 1.93 bits per heavy atom. The number of pyridine rings is 1. The van der Waals surface area contributed by atoms with Gasteiger partial charge in [-0.15, -0.1) is 0 Å². The minimum absolute atomic E-state index is 0.0155. The summed E-state index contributed by atoms with van der Waals surface area (Å²) in [7, 11) is 1.87. The standard InChI is InChI=1S/C19H29N5O.CH2O2/c1-14(2)24-13-21-17-9-16(10-20-18(17)24)19(25)22(4)11-15(3)12-23-7-5-6-8-23;2-1-3/h9-10,13-15H,5-8,11-12H2,1-4H3;1H,(H,2,3). The first-order valence-corrected chi connectivity index (χ1v) is 9.75. The summed E-state index contributed by atoms with van der Waals surface area (Å²) >= 11 is 0. The Balaban J connectivity index is 0.000000878. The summed E-state index contributed by atoms with van der Waals surface area (Å²) in [6, 6.07) is 2.15. The van der Waals surface area contributed by atoms with Gasteiger partial charge in [-0.2, -0.15) is 0 Å². The Kier molecular flexibility index (Phi) is 7.92. The van der Waals surface area contributed by atoms with Gasteiger partial charge in [0, 0.05) is 32.4 Å². The third-order valence-corrected chi connectivity index (χ3v) is 4.92. The minimum Gasteiger partial charge on any atom is -0.483 e. The van der Waals surface area contributed by atoms with Crippen LogP contribution < -0.4 is 0 Å². The fourth-order valence-corrected chi connectivity index (χ4v) is 3.65. The van der Waals surface area contributed by atoms with Gasteiger partial charge < -0.3 is 19.5 Å². The van der Waals surface area contributed by atoms with Crippen molar-refractivity contribution in [2.75, 3.05) is 33.2 Å². The van der Waals surface area contributed by atoms with Crippen molar-refractivity contribution in [3.63, 3.8) is 0 Å². The third-order valence-electron chi connectivity index (χ3n) is 4.92.